The number of hydrogen-bond donors (Lipinski definition) is 0. The first-order valence-corrected chi connectivity index (χ1v) is 6.99. The Labute approximate surface area is 121 Å². The highest BCUT2D eigenvalue weighted by Gasteiger charge is 1.99. The Morgan fingerprint density at radius 3 is 1.45 bits per heavy atom. The van der Waals surface area contributed by atoms with Crippen molar-refractivity contribution in [2.75, 3.05) is 0 Å². The lowest BCUT2D eigenvalue weighted by Gasteiger charge is -2.20. The minimum atomic E-state index is 0.426. The Balaban J connectivity index is 2.08. The molecule has 0 heterocycles. The van der Waals surface area contributed by atoms with Crippen LogP contribution in [0.5, 0.6) is 0 Å². The molecule has 0 fully saturated rings. The van der Waals surface area contributed by atoms with Crippen LogP contribution in [-0.4, -0.2) is 10.9 Å². The summed E-state index contributed by atoms with van der Waals surface area (Å²) in [5.74, 6) is 0. The molecule has 0 N–H and O–H groups in total. The van der Waals surface area contributed by atoms with Gasteiger partial charge in [0, 0.05) is 18.4 Å². The van der Waals surface area contributed by atoms with E-state index in [-0.39, 0.29) is 0 Å². The van der Waals surface area contributed by atoms with Crippen molar-refractivity contribution in [2.45, 2.75) is 19.9 Å². The Bertz CT molecular complexity index is 503. The molecule has 0 saturated carbocycles. The van der Waals surface area contributed by atoms with Gasteiger partial charge in [0.1, 0.15) is 0 Å². The highest BCUT2D eigenvalue weighted by atomic mass is 15.1. The van der Waals surface area contributed by atoms with Crippen LogP contribution in [0.2, 0.25) is 0 Å². The van der Waals surface area contributed by atoms with E-state index < -0.39 is 0 Å². The summed E-state index contributed by atoms with van der Waals surface area (Å²) >= 11 is 0. The van der Waals surface area contributed by atoms with E-state index in [9.17, 15) is 0 Å². The zero-order valence-corrected chi connectivity index (χ0v) is 12.1. The summed E-state index contributed by atoms with van der Waals surface area (Å²) in [5.41, 5.74) is 2.43. The molecule has 0 bridgehead atoms. The molecule has 0 unspecified atom stereocenters. The standard InChI is InChI=1S/C19H21N/c1-17(2)20(15-13-18-9-5-3-6-10-18)16-14-19-11-7-4-8-12-19/h3-17H,1-2H3. The summed E-state index contributed by atoms with van der Waals surface area (Å²) in [7, 11) is 0. The lowest BCUT2D eigenvalue weighted by molar-refractivity contribution is 0.421. The van der Waals surface area contributed by atoms with Gasteiger partial charge in [-0.05, 0) is 37.1 Å². The van der Waals surface area contributed by atoms with Crippen LogP contribution in [0, 0.1) is 0 Å². The van der Waals surface area contributed by atoms with Gasteiger partial charge >= 0.3 is 0 Å². The summed E-state index contributed by atoms with van der Waals surface area (Å²) in [4.78, 5) is 2.21. The van der Waals surface area contributed by atoms with Gasteiger partial charge < -0.3 is 4.90 Å². The van der Waals surface area contributed by atoms with Gasteiger partial charge in [0.05, 0.1) is 0 Å². The summed E-state index contributed by atoms with van der Waals surface area (Å²) in [5, 5.41) is 0. The van der Waals surface area contributed by atoms with E-state index in [0.717, 1.165) is 0 Å². The fourth-order valence-corrected chi connectivity index (χ4v) is 1.87. The van der Waals surface area contributed by atoms with Crippen molar-refractivity contribution in [3.05, 3.63) is 84.2 Å². The van der Waals surface area contributed by atoms with Crippen molar-refractivity contribution in [2.24, 2.45) is 0 Å². The minimum absolute atomic E-state index is 0.426. The van der Waals surface area contributed by atoms with Gasteiger partial charge in [-0.2, -0.15) is 0 Å². The summed E-state index contributed by atoms with van der Waals surface area (Å²) in [6.07, 6.45) is 8.52. The molecule has 1 nitrogen and oxygen atoms in total. The van der Waals surface area contributed by atoms with E-state index in [1.165, 1.54) is 11.1 Å². The van der Waals surface area contributed by atoms with Crippen molar-refractivity contribution >= 4 is 12.2 Å². The van der Waals surface area contributed by atoms with Crippen molar-refractivity contribution < 1.29 is 0 Å². The molecule has 2 aromatic carbocycles. The molecule has 0 amide bonds. The summed E-state index contributed by atoms with van der Waals surface area (Å²) in [6.45, 7) is 4.37. The Morgan fingerprint density at radius 2 is 1.10 bits per heavy atom. The largest absolute Gasteiger partial charge is 0.352 e. The molecule has 2 rings (SSSR count). The van der Waals surface area contributed by atoms with Crippen LogP contribution < -0.4 is 0 Å². The zero-order valence-electron chi connectivity index (χ0n) is 12.1. The van der Waals surface area contributed by atoms with E-state index in [1.807, 2.05) is 12.1 Å². The number of hydrogen-bond acceptors (Lipinski definition) is 1. The maximum Gasteiger partial charge on any atom is 0.0274 e. The Hall–Kier alpha value is -2.28. The predicted molar refractivity (Wildman–Crippen MR) is 87.9 cm³/mol. The smallest absolute Gasteiger partial charge is 0.0274 e. The predicted octanol–water partition coefficient (Wildman–Crippen LogP) is 5.04. The highest BCUT2D eigenvalue weighted by Crippen LogP contribution is 2.09. The Morgan fingerprint density at radius 1 is 0.700 bits per heavy atom. The van der Waals surface area contributed by atoms with Crippen LogP contribution in [0.15, 0.2) is 73.1 Å². The van der Waals surface area contributed by atoms with Gasteiger partial charge in [0.15, 0.2) is 0 Å². The second kappa shape index (κ2) is 7.34. The van der Waals surface area contributed by atoms with E-state index >= 15 is 0 Å². The molecular weight excluding hydrogens is 242 g/mol. The molecule has 0 radical (unpaired) electrons. The third kappa shape index (κ3) is 4.43. The normalized spacial score (nSPS) is 11.6. The first-order valence-electron chi connectivity index (χ1n) is 6.99. The molecule has 0 spiro atoms. The maximum absolute atomic E-state index is 2.21. The summed E-state index contributed by atoms with van der Waals surface area (Å²) in [6, 6.07) is 21.1. The van der Waals surface area contributed by atoms with Crippen LogP contribution in [0.1, 0.15) is 25.0 Å². The molecule has 102 valence electrons. The molecule has 20 heavy (non-hydrogen) atoms. The lowest BCUT2D eigenvalue weighted by Crippen LogP contribution is -2.18. The van der Waals surface area contributed by atoms with E-state index in [4.69, 9.17) is 0 Å². The highest BCUT2D eigenvalue weighted by molar-refractivity contribution is 5.51. The first kappa shape index (κ1) is 14.1. The zero-order chi connectivity index (χ0) is 14.2. The molecule has 0 aromatic heterocycles. The van der Waals surface area contributed by atoms with Crippen molar-refractivity contribution in [3.8, 4) is 0 Å². The fourth-order valence-electron chi connectivity index (χ4n) is 1.87. The molecule has 0 atom stereocenters. The van der Waals surface area contributed by atoms with Gasteiger partial charge in [0.25, 0.3) is 0 Å². The van der Waals surface area contributed by atoms with Crippen LogP contribution in [0.3, 0.4) is 0 Å². The van der Waals surface area contributed by atoms with Crippen molar-refractivity contribution in [1.29, 1.82) is 0 Å². The number of benzene rings is 2. The van der Waals surface area contributed by atoms with E-state index in [0.29, 0.717) is 6.04 Å². The van der Waals surface area contributed by atoms with Gasteiger partial charge in [-0.1, -0.05) is 60.7 Å². The van der Waals surface area contributed by atoms with Gasteiger partial charge in [-0.3, -0.25) is 0 Å². The number of nitrogens with zero attached hydrogens (tertiary/aromatic N) is 1. The van der Waals surface area contributed by atoms with Crippen molar-refractivity contribution in [3.63, 3.8) is 0 Å². The minimum Gasteiger partial charge on any atom is -0.352 e. The molecular formula is C19H21N. The van der Waals surface area contributed by atoms with Gasteiger partial charge in [-0.25, -0.2) is 0 Å². The van der Waals surface area contributed by atoms with Crippen LogP contribution in [0.25, 0.3) is 12.2 Å². The average Bonchev–Trinajstić information content (AvgIpc) is 2.49. The molecule has 0 aliphatic rings. The van der Waals surface area contributed by atoms with Crippen LogP contribution in [-0.2, 0) is 0 Å². The first-order chi connectivity index (χ1) is 9.75. The van der Waals surface area contributed by atoms with E-state index in [1.54, 1.807) is 0 Å². The lowest BCUT2D eigenvalue weighted by atomic mass is 10.2. The molecule has 0 aliphatic heterocycles. The second-order valence-electron chi connectivity index (χ2n) is 4.99. The van der Waals surface area contributed by atoms with E-state index in [2.05, 4.69) is 91.8 Å². The summed E-state index contributed by atoms with van der Waals surface area (Å²) < 4.78 is 0. The van der Waals surface area contributed by atoms with Crippen molar-refractivity contribution in [1.82, 2.24) is 4.90 Å². The molecule has 2 aromatic rings. The molecule has 0 saturated heterocycles. The third-order valence-electron chi connectivity index (χ3n) is 3.07. The topological polar surface area (TPSA) is 3.24 Å². The second-order valence-corrected chi connectivity index (χ2v) is 4.99. The van der Waals surface area contributed by atoms with Crippen LogP contribution in [0.4, 0.5) is 0 Å². The molecule has 1 heteroatoms. The average molecular weight is 263 g/mol. The fraction of sp³-hybridized carbons (Fsp3) is 0.158. The van der Waals surface area contributed by atoms with Gasteiger partial charge in [-0.15, -0.1) is 0 Å². The molecule has 0 aliphatic carbocycles. The maximum atomic E-state index is 2.21. The third-order valence-corrected chi connectivity index (χ3v) is 3.07. The van der Waals surface area contributed by atoms with Gasteiger partial charge in [0.2, 0.25) is 0 Å². The monoisotopic (exact) mass is 263 g/mol. The quantitative estimate of drug-likeness (QED) is 0.730. The van der Waals surface area contributed by atoms with Crippen LogP contribution >= 0.6 is 0 Å². The Kier molecular flexibility index (Phi) is 5.19. The SMILES string of the molecule is CC(C)N(C=Cc1ccccc1)C=Cc1ccccc1. The number of rotatable bonds is 5.